The third kappa shape index (κ3) is 3.58. The molecular formula is C16H24N6O5. The van der Waals surface area contributed by atoms with Gasteiger partial charge in [0.05, 0.1) is 25.0 Å². The van der Waals surface area contributed by atoms with E-state index in [2.05, 4.69) is 20.3 Å². The molecule has 0 spiro atoms. The highest BCUT2D eigenvalue weighted by molar-refractivity contribution is 5.81. The van der Waals surface area contributed by atoms with Crippen LogP contribution in [-0.2, 0) is 9.53 Å². The minimum atomic E-state index is -1.20. The van der Waals surface area contributed by atoms with Crippen molar-refractivity contribution in [3.8, 4) is 0 Å². The smallest absolute Gasteiger partial charge is 0.279 e. The molecule has 2 aromatic heterocycles. The molecule has 1 aliphatic rings. The average Bonchev–Trinajstić information content (AvgIpc) is 3.17. The number of aliphatic hydroxyl groups is 2. The lowest BCUT2D eigenvalue weighted by Gasteiger charge is -2.22. The Hall–Kier alpha value is -2.34. The predicted octanol–water partition coefficient (Wildman–Crippen LogP) is -1.71. The zero-order valence-electron chi connectivity index (χ0n) is 15.1. The first-order chi connectivity index (χ1) is 12.9. The van der Waals surface area contributed by atoms with Crippen LogP contribution in [0.1, 0.15) is 31.8 Å². The second-order valence-electron chi connectivity index (χ2n) is 6.64. The summed E-state index contributed by atoms with van der Waals surface area (Å²) in [5.41, 5.74) is 5.76. The predicted molar refractivity (Wildman–Crippen MR) is 94.7 cm³/mol. The van der Waals surface area contributed by atoms with Gasteiger partial charge in [-0.05, 0) is 13.3 Å². The van der Waals surface area contributed by atoms with Crippen LogP contribution < -0.4 is 16.6 Å². The number of rotatable bonds is 6. The van der Waals surface area contributed by atoms with Crippen molar-refractivity contribution in [1.82, 2.24) is 24.8 Å². The van der Waals surface area contributed by atoms with Crippen molar-refractivity contribution in [2.24, 2.45) is 5.73 Å². The largest absolute Gasteiger partial charge is 0.394 e. The van der Waals surface area contributed by atoms with Gasteiger partial charge >= 0.3 is 0 Å². The van der Waals surface area contributed by atoms with Crippen LogP contribution >= 0.6 is 0 Å². The van der Waals surface area contributed by atoms with Gasteiger partial charge in [-0.3, -0.25) is 14.2 Å². The fourth-order valence-electron chi connectivity index (χ4n) is 3.24. The Morgan fingerprint density at radius 3 is 2.96 bits per heavy atom. The lowest BCUT2D eigenvalue weighted by Crippen LogP contribution is -2.53. The molecule has 1 fully saturated rings. The first-order valence-electron chi connectivity index (χ1n) is 8.81. The number of hydrogen-bond acceptors (Lipinski definition) is 8. The van der Waals surface area contributed by atoms with Gasteiger partial charge in [-0.1, -0.05) is 13.3 Å². The van der Waals surface area contributed by atoms with E-state index < -0.39 is 48.6 Å². The Morgan fingerprint density at radius 1 is 1.56 bits per heavy atom. The van der Waals surface area contributed by atoms with E-state index in [4.69, 9.17) is 10.5 Å². The number of nitrogens with zero attached hydrogens (tertiary/aromatic N) is 3. The number of amides is 1. The second-order valence-corrected chi connectivity index (χ2v) is 6.64. The zero-order valence-corrected chi connectivity index (χ0v) is 15.1. The number of fused-ring (bicyclic) bond motifs is 1. The molecule has 0 bridgehead atoms. The standard InChI is InChI=1S/C16H24N6O5/c1-3-4-8(17)14(25)21-10-9(5-23)27-16(12(10)24)22-6-18-11-13(22)19-7(2)20-15(11)26/h6,8-10,12,16,23-24H,3-5,17H2,1-2H3,(H,21,25)(H,19,20,26)/t8?,9-,10?,12+,16-/m1/s1. The zero-order chi connectivity index (χ0) is 19.7. The minimum Gasteiger partial charge on any atom is -0.394 e. The third-order valence-corrected chi connectivity index (χ3v) is 4.63. The summed E-state index contributed by atoms with van der Waals surface area (Å²) in [6.07, 6.45) is -0.441. The first kappa shape index (κ1) is 19.4. The highest BCUT2D eigenvalue weighted by Gasteiger charge is 2.46. The fourth-order valence-corrected chi connectivity index (χ4v) is 3.24. The molecule has 1 aliphatic heterocycles. The van der Waals surface area contributed by atoms with Crippen molar-refractivity contribution in [3.05, 3.63) is 22.5 Å². The maximum Gasteiger partial charge on any atom is 0.279 e. The van der Waals surface area contributed by atoms with Crippen molar-refractivity contribution >= 4 is 17.1 Å². The molecular weight excluding hydrogens is 356 g/mol. The van der Waals surface area contributed by atoms with E-state index >= 15 is 0 Å². The molecule has 1 amide bonds. The molecule has 0 aliphatic carbocycles. The number of nitrogens with two attached hydrogens (primary N) is 1. The van der Waals surface area contributed by atoms with Crippen LogP contribution in [0.25, 0.3) is 11.2 Å². The monoisotopic (exact) mass is 380 g/mol. The van der Waals surface area contributed by atoms with Gasteiger partial charge in [0.25, 0.3) is 5.56 Å². The Balaban J connectivity index is 1.88. The van der Waals surface area contributed by atoms with Crippen LogP contribution in [0.2, 0.25) is 0 Å². The number of carbonyl (C=O) groups excluding carboxylic acids is 1. The van der Waals surface area contributed by atoms with E-state index in [-0.39, 0.29) is 11.2 Å². The molecule has 2 aromatic rings. The van der Waals surface area contributed by atoms with E-state index in [0.29, 0.717) is 12.2 Å². The molecule has 2 unspecified atom stereocenters. The van der Waals surface area contributed by atoms with Crippen molar-refractivity contribution in [2.75, 3.05) is 6.61 Å². The summed E-state index contributed by atoms with van der Waals surface area (Å²) in [4.78, 5) is 35.0. The summed E-state index contributed by atoms with van der Waals surface area (Å²) in [5, 5.41) is 23.0. The summed E-state index contributed by atoms with van der Waals surface area (Å²) >= 11 is 0. The van der Waals surface area contributed by atoms with Gasteiger partial charge in [0.2, 0.25) is 5.91 Å². The number of imidazole rings is 1. The molecule has 1 saturated heterocycles. The van der Waals surface area contributed by atoms with Crippen molar-refractivity contribution in [1.29, 1.82) is 0 Å². The Bertz CT molecular complexity index is 880. The number of nitrogens with one attached hydrogen (secondary N) is 2. The summed E-state index contributed by atoms with van der Waals surface area (Å²) < 4.78 is 7.14. The average molecular weight is 380 g/mol. The minimum absolute atomic E-state index is 0.106. The van der Waals surface area contributed by atoms with E-state index in [0.717, 1.165) is 6.42 Å². The third-order valence-electron chi connectivity index (χ3n) is 4.63. The van der Waals surface area contributed by atoms with Crippen LogP contribution in [-0.4, -0.2) is 66.5 Å². The van der Waals surface area contributed by atoms with Gasteiger partial charge in [0, 0.05) is 0 Å². The number of H-pyrrole nitrogens is 1. The van der Waals surface area contributed by atoms with Crippen LogP contribution in [0.3, 0.4) is 0 Å². The Kier molecular flexibility index (Phi) is 5.56. The molecule has 11 heteroatoms. The molecule has 0 saturated carbocycles. The van der Waals surface area contributed by atoms with Crippen molar-refractivity contribution < 1.29 is 19.7 Å². The molecule has 0 aromatic carbocycles. The SMILES string of the molecule is CCCC(N)C(=O)NC1[C@@H](CO)O[C@@H](n2cnc3c(=O)[nH]c(C)nc32)[C@H]1O. The van der Waals surface area contributed by atoms with Gasteiger partial charge in [0.1, 0.15) is 18.0 Å². The maximum atomic E-state index is 12.2. The molecule has 27 heavy (non-hydrogen) atoms. The highest BCUT2D eigenvalue weighted by atomic mass is 16.5. The molecule has 0 radical (unpaired) electrons. The molecule has 148 valence electrons. The normalized spacial score (nSPS) is 26.4. The number of aryl methyl sites for hydroxylation is 1. The van der Waals surface area contributed by atoms with E-state index in [9.17, 15) is 19.8 Å². The number of aliphatic hydroxyl groups excluding tert-OH is 2. The summed E-state index contributed by atoms with van der Waals surface area (Å²) in [7, 11) is 0. The summed E-state index contributed by atoms with van der Waals surface area (Å²) in [6, 6.07) is -1.58. The van der Waals surface area contributed by atoms with Gasteiger partial charge in [0.15, 0.2) is 17.4 Å². The Labute approximate surface area is 154 Å². The van der Waals surface area contributed by atoms with Crippen molar-refractivity contribution in [2.45, 2.75) is 57.2 Å². The Morgan fingerprint density at radius 2 is 2.30 bits per heavy atom. The summed E-state index contributed by atoms with van der Waals surface area (Å²) in [5.74, 6) is -0.0414. The topological polar surface area (TPSA) is 168 Å². The molecule has 6 N–H and O–H groups in total. The van der Waals surface area contributed by atoms with Crippen molar-refractivity contribution in [3.63, 3.8) is 0 Å². The number of aromatic amines is 1. The molecule has 11 nitrogen and oxygen atoms in total. The van der Waals surface area contributed by atoms with Gasteiger partial charge in [-0.2, -0.15) is 0 Å². The molecule has 3 rings (SSSR count). The van der Waals surface area contributed by atoms with E-state index in [1.54, 1.807) is 6.92 Å². The number of aromatic nitrogens is 4. The lowest BCUT2D eigenvalue weighted by molar-refractivity contribution is -0.124. The van der Waals surface area contributed by atoms with Crippen LogP contribution in [0.5, 0.6) is 0 Å². The maximum absolute atomic E-state index is 12.2. The summed E-state index contributed by atoms with van der Waals surface area (Å²) in [6.45, 7) is 3.12. The van der Waals surface area contributed by atoms with Gasteiger partial charge in [-0.25, -0.2) is 9.97 Å². The second kappa shape index (κ2) is 7.72. The first-order valence-corrected chi connectivity index (χ1v) is 8.81. The van der Waals surface area contributed by atoms with E-state index in [1.807, 2.05) is 6.92 Å². The van der Waals surface area contributed by atoms with E-state index in [1.165, 1.54) is 10.9 Å². The quantitative estimate of drug-likeness (QED) is 0.395. The molecule has 5 atom stereocenters. The van der Waals surface area contributed by atoms with Gasteiger partial charge < -0.3 is 31.0 Å². The highest BCUT2D eigenvalue weighted by Crippen LogP contribution is 2.31. The van der Waals surface area contributed by atoms with Crippen LogP contribution in [0.4, 0.5) is 0 Å². The fraction of sp³-hybridized carbons (Fsp3) is 0.625. The van der Waals surface area contributed by atoms with Gasteiger partial charge in [-0.15, -0.1) is 0 Å². The number of ether oxygens (including phenoxy) is 1. The van der Waals surface area contributed by atoms with Crippen LogP contribution in [0.15, 0.2) is 11.1 Å². The number of hydrogen-bond donors (Lipinski definition) is 5. The van der Waals surface area contributed by atoms with Crippen LogP contribution in [0, 0.1) is 6.92 Å². The number of carbonyl (C=O) groups is 1. The lowest BCUT2D eigenvalue weighted by atomic mass is 10.1. The molecule has 3 heterocycles.